The summed E-state index contributed by atoms with van der Waals surface area (Å²) in [6, 6.07) is 5.96. The molecule has 1 fully saturated rings. The van der Waals surface area contributed by atoms with Crippen molar-refractivity contribution in [3.05, 3.63) is 23.8 Å². The van der Waals surface area contributed by atoms with Gasteiger partial charge in [-0.25, -0.2) is 0 Å². The summed E-state index contributed by atoms with van der Waals surface area (Å²) < 4.78 is 16.5. The van der Waals surface area contributed by atoms with Gasteiger partial charge in [0.25, 0.3) is 0 Å². The van der Waals surface area contributed by atoms with E-state index < -0.39 is 0 Å². The van der Waals surface area contributed by atoms with Gasteiger partial charge in [0.15, 0.2) is 11.5 Å². The molecular formula is C11H12O3. The summed E-state index contributed by atoms with van der Waals surface area (Å²) >= 11 is 0. The summed E-state index contributed by atoms with van der Waals surface area (Å²) in [5.41, 5.74) is 0.959. The minimum atomic E-state index is -0.147. The summed E-state index contributed by atoms with van der Waals surface area (Å²) in [4.78, 5) is 0. The first-order valence-corrected chi connectivity index (χ1v) is 4.83. The Bertz CT molecular complexity index is 369. The molecule has 3 heteroatoms. The van der Waals surface area contributed by atoms with E-state index in [9.17, 15) is 0 Å². The molecule has 2 heterocycles. The smallest absolute Gasteiger partial charge is 0.167 e. The molecule has 1 aromatic rings. The monoisotopic (exact) mass is 192 g/mol. The summed E-state index contributed by atoms with van der Waals surface area (Å²) in [7, 11) is 0. The van der Waals surface area contributed by atoms with E-state index in [-0.39, 0.29) is 5.60 Å². The molecule has 0 spiro atoms. The Balaban J connectivity index is 2.11. The number of para-hydroxylation sites is 1. The van der Waals surface area contributed by atoms with Crippen LogP contribution in [0, 0.1) is 0 Å². The van der Waals surface area contributed by atoms with Crippen molar-refractivity contribution >= 4 is 0 Å². The highest BCUT2D eigenvalue weighted by Gasteiger charge is 2.44. The van der Waals surface area contributed by atoms with Crippen molar-refractivity contribution in [3.63, 3.8) is 0 Å². The molecule has 1 saturated heterocycles. The van der Waals surface area contributed by atoms with E-state index in [2.05, 4.69) is 6.92 Å². The molecule has 0 saturated carbocycles. The predicted molar refractivity (Wildman–Crippen MR) is 50.7 cm³/mol. The number of ether oxygens (including phenoxy) is 3. The van der Waals surface area contributed by atoms with Crippen LogP contribution in [0.1, 0.15) is 12.5 Å². The van der Waals surface area contributed by atoms with E-state index in [0.717, 1.165) is 23.7 Å². The van der Waals surface area contributed by atoms with Crippen molar-refractivity contribution in [1.82, 2.24) is 0 Å². The fraction of sp³-hybridized carbons (Fsp3) is 0.455. The Kier molecular flexibility index (Phi) is 1.53. The lowest BCUT2D eigenvalue weighted by atomic mass is 10.0. The van der Waals surface area contributed by atoms with E-state index in [1.165, 1.54) is 0 Å². The van der Waals surface area contributed by atoms with Gasteiger partial charge in [0.2, 0.25) is 0 Å². The Morgan fingerprint density at radius 1 is 1.21 bits per heavy atom. The van der Waals surface area contributed by atoms with Crippen molar-refractivity contribution < 1.29 is 14.2 Å². The molecule has 3 nitrogen and oxygen atoms in total. The fourth-order valence-corrected chi connectivity index (χ4v) is 1.75. The number of hydrogen-bond acceptors (Lipinski definition) is 3. The lowest BCUT2D eigenvalue weighted by Gasteiger charge is -2.22. The van der Waals surface area contributed by atoms with Gasteiger partial charge in [-0.15, -0.1) is 0 Å². The Labute approximate surface area is 82.6 Å². The van der Waals surface area contributed by atoms with Crippen LogP contribution in [0.3, 0.4) is 0 Å². The zero-order valence-electron chi connectivity index (χ0n) is 8.08. The van der Waals surface area contributed by atoms with E-state index in [4.69, 9.17) is 14.2 Å². The minimum Gasteiger partial charge on any atom is -0.486 e. The minimum absolute atomic E-state index is 0.147. The molecule has 0 aromatic heterocycles. The van der Waals surface area contributed by atoms with Gasteiger partial charge in [-0.2, -0.15) is 0 Å². The molecule has 1 atom stereocenters. The highest BCUT2D eigenvalue weighted by Crippen LogP contribution is 2.46. The van der Waals surface area contributed by atoms with Crippen LogP contribution < -0.4 is 9.47 Å². The molecule has 14 heavy (non-hydrogen) atoms. The SMILES string of the molecule is CC1(c2cccc3c2OCCO3)CO1. The Hall–Kier alpha value is -1.22. The number of hydrogen-bond donors (Lipinski definition) is 0. The van der Waals surface area contributed by atoms with Gasteiger partial charge in [-0.3, -0.25) is 0 Å². The van der Waals surface area contributed by atoms with E-state index in [0.29, 0.717) is 13.2 Å². The van der Waals surface area contributed by atoms with Gasteiger partial charge in [0.1, 0.15) is 18.8 Å². The van der Waals surface area contributed by atoms with E-state index in [1.807, 2.05) is 18.2 Å². The molecule has 0 N–H and O–H groups in total. The molecule has 2 aliphatic rings. The first-order valence-electron chi connectivity index (χ1n) is 4.83. The Morgan fingerprint density at radius 2 is 2.00 bits per heavy atom. The Morgan fingerprint density at radius 3 is 2.79 bits per heavy atom. The van der Waals surface area contributed by atoms with Crippen molar-refractivity contribution in [1.29, 1.82) is 0 Å². The summed E-state index contributed by atoms with van der Waals surface area (Å²) in [5.74, 6) is 1.70. The van der Waals surface area contributed by atoms with Gasteiger partial charge in [-0.1, -0.05) is 12.1 Å². The number of epoxide rings is 1. The molecule has 0 amide bonds. The third-order valence-electron chi connectivity index (χ3n) is 2.71. The largest absolute Gasteiger partial charge is 0.486 e. The highest BCUT2D eigenvalue weighted by atomic mass is 16.6. The highest BCUT2D eigenvalue weighted by molar-refractivity contribution is 5.51. The van der Waals surface area contributed by atoms with Crippen molar-refractivity contribution in [2.24, 2.45) is 0 Å². The van der Waals surface area contributed by atoms with Crippen molar-refractivity contribution in [2.75, 3.05) is 19.8 Å². The van der Waals surface area contributed by atoms with Gasteiger partial charge in [0, 0.05) is 5.56 Å². The van der Waals surface area contributed by atoms with Crippen LogP contribution in [0.5, 0.6) is 11.5 Å². The second-order valence-electron chi connectivity index (χ2n) is 3.85. The van der Waals surface area contributed by atoms with Crippen LogP contribution in [0.15, 0.2) is 18.2 Å². The standard InChI is InChI=1S/C11H12O3/c1-11(7-14-11)8-3-2-4-9-10(8)13-6-5-12-9/h2-4H,5-7H2,1H3. The first kappa shape index (κ1) is 8.12. The van der Waals surface area contributed by atoms with Crippen molar-refractivity contribution in [3.8, 4) is 11.5 Å². The maximum Gasteiger partial charge on any atom is 0.167 e. The van der Waals surface area contributed by atoms with Crippen LogP contribution in [0.25, 0.3) is 0 Å². The van der Waals surface area contributed by atoms with Gasteiger partial charge >= 0.3 is 0 Å². The quantitative estimate of drug-likeness (QED) is 0.634. The second kappa shape index (κ2) is 2.64. The van der Waals surface area contributed by atoms with Crippen molar-refractivity contribution in [2.45, 2.75) is 12.5 Å². The van der Waals surface area contributed by atoms with Crippen LogP contribution >= 0.6 is 0 Å². The normalized spacial score (nSPS) is 28.6. The molecule has 1 aromatic carbocycles. The van der Waals surface area contributed by atoms with E-state index >= 15 is 0 Å². The van der Waals surface area contributed by atoms with Gasteiger partial charge in [-0.05, 0) is 13.0 Å². The van der Waals surface area contributed by atoms with Crippen LogP contribution in [-0.4, -0.2) is 19.8 Å². The average Bonchev–Trinajstić information content (AvgIpc) is 2.97. The zero-order chi connectivity index (χ0) is 9.60. The first-order chi connectivity index (χ1) is 6.80. The third-order valence-corrected chi connectivity index (χ3v) is 2.71. The maximum atomic E-state index is 5.62. The predicted octanol–water partition coefficient (Wildman–Crippen LogP) is 1.70. The lowest BCUT2D eigenvalue weighted by molar-refractivity contribution is 0.166. The van der Waals surface area contributed by atoms with Crippen LogP contribution in [-0.2, 0) is 10.3 Å². The molecule has 1 unspecified atom stereocenters. The summed E-state index contributed by atoms with van der Waals surface area (Å²) in [5, 5.41) is 0. The van der Waals surface area contributed by atoms with Gasteiger partial charge in [0.05, 0.1) is 6.61 Å². The maximum absolute atomic E-state index is 5.62. The van der Waals surface area contributed by atoms with E-state index in [1.54, 1.807) is 0 Å². The average molecular weight is 192 g/mol. The second-order valence-corrected chi connectivity index (χ2v) is 3.85. The topological polar surface area (TPSA) is 31.0 Å². The molecule has 0 radical (unpaired) electrons. The number of benzene rings is 1. The fourth-order valence-electron chi connectivity index (χ4n) is 1.75. The molecule has 74 valence electrons. The lowest BCUT2D eigenvalue weighted by Crippen LogP contribution is -2.18. The molecule has 0 bridgehead atoms. The zero-order valence-corrected chi connectivity index (χ0v) is 8.08. The number of fused-ring (bicyclic) bond motifs is 1. The summed E-state index contributed by atoms with van der Waals surface area (Å²) in [6.45, 7) is 4.10. The molecule has 2 aliphatic heterocycles. The number of rotatable bonds is 1. The van der Waals surface area contributed by atoms with Crippen LogP contribution in [0.4, 0.5) is 0 Å². The molecule has 3 rings (SSSR count). The van der Waals surface area contributed by atoms with Gasteiger partial charge < -0.3 is 14.2 Å². The third kappa shape index (κ3) is 1.09. The van der Waals surface area contributed by atoms with Crippen LogP contribution in [0.2, 0.25) is 0 Å². The molecule has 0 aliphatic carbocycles. The molecular weight excluding hydrogens is 180 g/mol. The summed E-state index contributed by atoms with van der Waals surface area (Å²) in [6.07, 6.45) is 0.